The number of hydrogen-bond donors (Lipinski definition) is 2. The Balaban J connectivity index is 3.06. The average molecular weight is 274 g/mol. The molecule has 6 heteroatoms. The van der Waals surface area contributed by atoms with E-state index >= 15 is 0 Å². The molecule has 106 valence electrons. The molecule has 0 saturated heterocycles. The molecule has 0 aliphatic heterocycles. The van der Waals surface area contributed by atoms with Crippen molar-refractivity contribution >= 4 is 5.91 Å². The van der Waals surface area contributed by atoms with Gasteiger partial charge in [-0.1, -0.05) is 26.0 Å². The van der Waals surface area contributed by atoms with Gasteiger partial charge in [0.2, 0.25) is 5.91 Å². The number of carbonyl (C=O) groups excluding carboxylic acids is 1. The van der Waals surface area contributed by atoms with Gasteiger partial charge in [-0.3, -0.25) is 4.79 Å². The summed E-state index contributed by atoms with van der Waals surface area (Å²) < 4.78 is 38.0. The van der Waals surface area contributed by atoms with Gasteiger partial charge in [-0.2, -0.15) is 13.2 Å². The predicted molar refractivity (Wildman–Crippen MR) is 66.2 cm³/mol. The SMILES string of the molecule is CC(C)C(NC(=O)CN)c1cccc(C(F)(F)F)c1. The third-order valence-electron chi connectivity index (χ3n) is 2.74. The average Bonchev–Trinajstić information content (AvgIpc) is 2.34. The smallest absolute Gasteiger partial charge is 0.348 e. The zero-order chi connectivity index (χ0) is 14.6. The Morgan fingerprint density at radius 3 is 2.47 bits per heavy atom. The third-order valence-corrected chi connectivity index (χ3v) is 2.74. The van der Waals surface area contributed by atoms with Crippen LogP contribution in [0, 0.1) is 5.92 Å². The Labute approximate surface area is 110 Å². The minimum absolute atomic E-state index is 0.0426. The van der Waals surface area contributed by atoms with E-state index in [0.29, 0.717) is 5.56 Å². The first-order valence-corrected chi connectivity index (χ1v) is 5.92. The van der Waals surface area contributed by atoms with E-state index in [-0.39, 0.29) is 12.5 Å². The molecule has 0 bridgehead atoms. The van der Waals surface area contributed by atoms with Gasteiger partial charge in [0.15, 0.2) is 0 Å². The fraction of sp³-hybridized carbons (Fsp3) is 0.462. The van der Waals surface area contributed by atoms with Gasteiger partial charge in [-0.25, -0.2) is 0 Å². The monoisotopic (exact) mass is 274 g/mol. The summed E-state index contributed by atoms with van der Waals surface area (Å²) in [7, 11) is 0. The summed E-state index contributed by atoms with van der Waals surface area (Å²) in [6, 6.07) is 4.48. The van der Waals surface area contributed by atoms with E-state index in [4.69, 9.17) is 5.73 Å². The van der Waals surface area contributed by atoms with Crippen LogP contribution in [0.4, 0.5) is 13.2 Å². The van der Waals surface area contributed by atoms with E-state index in [0.717, 1.165) is 12.1 Å². The quantitative estimate of drug-likeness (QED) is 0.886. The highest BCUT2D eigenvalue weighted by Gasteiger charge is 2.31. The molecule has 0 fully saturated rings. The van der Waals surface area contributed by atoms with E-state index in [2.05, 4.69) is 5.32 Å². The van der Waals surface area contributed by atoms with Crippen LogP contribution < -0.4 is 11.1 Å². The number of benzene rings is 1. The Morgan fingerprint density at radius 1 is 1.37 bits per heavy atom. The van der Waals surface area contributed by atoms with E-state index in [1.165, 1.54) is 6.07 Å². The van der Waals surface area contributed by atoms with Crippen LogP contribution in [0.15, 0.2) is 24.3 Å². The molecular weight excluding hydrogens is 257 g/mol. The lowest BCUT2D eigenvalue weighted by atomic mass is 9.94. The largest absolute Gasteiger partial charge is 0.416 e. The third kappa shape index (κ3) is 4.24. The van der Waals surface area contributed by atoms with Crippen molar-refractivity contribution < 1.29 is 18.0 Å². The lowest BCUT2D eigenvalue weighted by molar-refractivity contribution is -0.137. The first-order chi connectivity index (χ1) is 8.75. The molecule has 0 aromatic heterocycles. The Kier molecular flexibility index (Phi) is 4.94. The second kappa shape index (κ2) is 6.06. The predicted octanol–water partition coefficient (Wildman–Crippen LogP) is 2.48. The second-order valence-corrected chi connectivity index (χ2v) is 4.62. The summed E-state index contributed by atoms with van der Waals surface area (Å²) in [6.07, 6.45) is -4.39. The molecule has 3 N–H and O–H groups in total. The van der Waals surface area contributed by atoms with Crippen molar-refractivity contribution in [2.75, 3.05) is 6.54 Å². The highest BCUT2D eigenvalue weighted by Crippen LogP contribution is 2.32. The van der Waals surface area contributed by atoms with Gasteiger partial charge < -0.3 is 11.1 Å². The molecular formula is C13H17F3N2O. The minimum Gasteiger partial charge on any atom is -0.348 e. The van der Waals surface area contributed by atoms with Crippen LogP contribution in [0.1, 0.15) is 31.0 Å². The second-order valence-electron chi connectivity index (χ2n) is 4.62. The van der Waals surface area contributed by atoms with Gasteiger partial charge in [-0.05, 0) is 23.6 Å². The standard InChI is InChI=1S/C13H17F3N2O/c1-8(2)12(18-11(19)7-17)9-4-3-5-10(6-9)13(14,15)16/h3-6,8,12H,7,17H2,1-2H3,(H,18,19). The summed E-state index contributed by atoms with van der Waals surface area (Å²) in [5.74, 6) is -0.435. The molecule has 1 aromatic rings. The maximum atomic E-state index is 12.7. The number of nitrogens with two attached hydrogens (primary N) is 1. The van der Waals surface area contributed by atoms with Crippen LogP contribution in [0.2, 0.25) is 0 Å². The van der Waals surface area contributed by atoms with Crippen molar-refractivity contribution in [3.05, 3.63) is 35.4 Å². The van der Waals surface area contributed by atoms with Crippen LogP contribution >= 0.6 is 0 Å². The first-order valence-electron chi connectivity index (χ1n) is 5.92. The molecule has 0 heterocycles. The van der Waals surface area contributed by atoms with E-state index in [1.807, 2.05) is 13.8 Å². The lowest BCUT2D eigenvalue weighted by Gasteiger charge is -2.23. The lowest BCUT2D eigenvalue weighted by Crippen LogP contribution is -2.36. The maximum absolute atomic E-state index is 12.7. The summed E-state index contributed by atoms with van der Waals surface area (Å²) in [5.41, 5.74) is 4.90. The molecule has 0 spiro atoms. The van der Waals surface area contributed by atoms with Gasteiger partial charge >= 0.3 is 6.18 Å². The molecule has 1 rings (SSSR count). The fourth-order valence-corrected chi connectivity index (χ4v) is 1.78. The van der Waals surface area contributed by atoms with Crippen LogP contribution in [-0.2, 0) is 11.0 Å². The number of nitrogens with one attached hydrogen (secondary N) is 1. The molecule has 1 amide bonds. The number of carbonyl (C=O) groups is 1. The molecule has 0 aliphatic carbocycles. The summed E-state index contributed by atoms with van der Waals surface area (Å²) in [5, 5.41) is 2.63. The molecule has 1 aromatic carbocycles. The van der Waals surface area contributed by atoms with Gasteiger partial charge in [0.1, 0.15) is 0 Å². The Hall–Kier alpha value is -1.56. The van der Waals surface area contributed by atoms with Gasteiger partial charge in [-0.15, -0.1) is 0 Å². The minimum atomic E-state index is -4.39. The van der Waals surface area contributed by atoms with Gasteiger partial charge in [0, 0.05) is 0 Å². The van der Waals surface area contributed by atoms with Crippen LogP contribution in [0.25, 0.3) is 0 Å². The van der Waals surface area contributed by atoms with Crippen molar-refractivity contribution in [1.29, 1.82) is 0 Å². The molecule has 0 saturated carbocycles. The maximum Gasteiger partial charge on any atom is 0.416 e. The summed E-state index contributed by atoms with van der Waals surface area (Å²) in [4.78, 5) is 11.3. The Morgan fingerprint density at radius 2 is 2.00 bits per heavy atom. The van der Waals surface area contributed by atoms with Crippen molar-refractivity contribution in [2.24, 2.45) is 11.7 Å². The molecule has 19 heavy (non-hydrogen) atoms. The highest BCUT2D eigenvalue weighted by molar-refractivity contribution is 5.78. The van der Waals surface area contributed by atoms with Crippen LogP contribution in [0.5, 0.6) is 0 Å². The van der Waals surface area contributed by atoms with Crippen molar-refractivity contribution in [1.82, 2.24) is 5.32 Å². The zero-order valence-corrected chi connectivity index (χ0v) is 10.8. The van der Waals surface area contributed by atoms with Crippen molar-refractivity contribution in [2.45, 2.75) is 26.1 Å². The summed E-state index contributed by atoms with van der Waals surface area (Å²) in [6.45, 7) is 3.45. The number of amides is 1. The summed E-state index contributed by atoms with van der Waals surface area (Å²) >= 11 is 0. The molecule has 3 nitrogen and oxygen atoms in total. The van der Waals surface area contributed by atoms with E-state index < -0.39 is 23.7 Å². The Bertz CT molecular complexity index is 444. The molecule has 1 unspecified atom stereocenters. The number of alkyl halides is 3. The van der Waals surface area contributed by atoms with Crippen molar-refractivity contribution in [3.8, 4) is 0 Å². The molecule has 1 atom stereocenters. The van der Waals surface area contributed by atoms with Gasteiger partial charge in [0.25, 0.3) is 0 Å². The first kappa shape index (κ1) is 15.5. The van der Waals surface area contributed by atoms with Crippen LogP contribution in [0.3, 0.4) is 0 Å². The topological polar surface area (TPSA) is 55.1 Å². The van der Waals surface area contributed by atoms with E-state index in [9.17, 15) is 18.0 Å². The zero-order valence-electron chi connectivity index (χ0n) is 10.8. The van der Waals surface area contributed by atoms with Crippen LogP contribution in [-0.4, -0.2) is 12.5 Å². The van der Waals surface area contributed by atoms with Crippen molar-refractivity contribution in [3.63, 3.8) is 0 Å². The normalized spacial score (nSPS) is 13.4. The number of halogens is 3. The molecule has 0 radical (unpaired) electrons. The number of rotatable bonds is 4. The number of hydrogen-bond acceptors (Lipinski definition) is 2. The fourth-order valence-electron chi connectivity index (χ4n) is 1.78. The highest BCUT2D eigenvalue weighted by atomic mass is 19.4. The van der Waals surface area contributed by atoms with Gasteiger partial charge in [0.05, 0.1) is 18.2 Å². The van der Waals surface area contributed by atoms with E-state index in [1.54, 1.807) is 6.07 Å². The molecule has 0 aliphatic rings.